The molecule has 1 heterocycles. The molecule has 0 aliphatic carbocycles. The molecule has 0 fully saturated rings. The number of aryl methyl sites for hydroxylation is 2. The van der Waals surface area contributed by atoms with E-state index in [-0.39, 0.29) is 6.04 Å². The van der Waals surface area contributed by atoms with E-state index in [1.165, 1.54) is 22.1 Å². The lowest BCUT2D eigenvalue weighted by molar-refractivity contribution is 0.794. The average molecular weight is 242 g/mol. The molecule has 1 aromatic carbocycles. The van der Waals surface area contributed by atoms with E-state index in [1.807, 2.05) is 6.92 Å². The highest BCUT2D eigenvalue weighted by Gasteiger charge is 2.13. The molecular weight excluding hydrogens is 220 g/mol. The van der Waals surface area contributed by atoms with E-state index >= 15 is 0 Å². The van der Waals surface area contributed by atoms with Crippen LogP contribution < -0.4 is 5.73 Å². The van der Waals surface area contributed by atoms with Crippen molar-refractivity contribution in [3.05, 3.63) is 40.6 Å². The van der Waals surface area contributed by atoms with E-state index in [0.717, 1.165) is 11.2 Å². The van der Waals surface area contributed by atoms with Gasteiger partial charge in [-0.05, 0) is 49.4 Å². The van der Waals surface area contributed by atoms with Crippen LogP contribution in [0.3, 0.4) is 0 Å². The van der Waals surface area contributed by atoms with Crippen LogP contribution in [0.2, 0.25) is 0 Å². The molecular formula is C16H22N2. The Kier molecular flexibility index (Phi) is 3.40. The topological polar surface area (TPSA) is 38.9 Å². The lowest BCUT2D eigenvalue weighted by Gasteiger charge is -2.16. The molecule has 2 N–H and O–H groups in total. The summed E-state index contributed by atoms with van der Waals surface area (Å²) in [6, 6.07) is 6.50. The van der Waals surface area contributed by atoms with E-state index in [1.54, 1.807) is 0 Å². The van der Waals surface area contributed by atoms with Crippen molar-refractivity contribution in [2.24, 2.45) is 5.73 Å². The number of hydrogen-bond donors (Lipinski definition) is 1. The normalized spacial score (nSPS) is 13.3. The Hall–Kier alpha value is -1.41. The molecule has 0 radical (unpaired) electrons. The molecule has 0 amide bonds. The molecule has 0 aliphatic rings. The fourth-order valence-corrected chi connectivity index (χ4v) is 2.25. The highest BCUT2D eigenvalue weighted by Crippen LogP contribution is 2.29. The summed E-state index contributed by atoms with van der Waals surface area (Å²) >= 11 is 0. The van der Waals surface area contributed by atoms with Crippen molar-refractivity contribution in [2.45, 2.75) is 46.6 Å². The van der Waals surface area contributed by atoms with Gasteiger partial charge < -0.3 is 5.73 Å². The zero-order valence-corrected chi connectivity index (χ0v) is 11.9. The summed E-state index contributed by atoms with van der Waals surface area (Å²) in [7, 11) is 0. The van der Waals surface area contributed by atoms with Crippen molar-refractivity contribution >= 4 is 10.9 Å². The largest absolute Gasteiger partial charge is 0.324 e. The van der Waals surface area contributed by atoms with Gasteiger partial charge in [0.05, 0.1) is 5.52 Å². The van der Waals surface area contributed by atoms with Gasteiger partial charge in [-0.15, -0.1) is 0 Å². The summed E-state index contributed by atoms with van der Waals surface area (Å²) in [6.45, 7) is 10.6. The zero-order chi connectivity index (χ0) is 13.4. The Morgan fingerprint density at radius 3 is 2.33 bits per heavy atom. The molecule has 1 unspecified atom stereocenters. The van der Waals surface area contributed by atoms with E-state index in [9.17, 15) is 0 Å². The van der Waals surface area contributed by atoms with Crippen LogP contribution in [-0.2, 0) is 0 Å². The van der Waals surface area contributed by atoms with Crippen molar-refractivity contribution in [3.63, 3.8) is 0 Å². The zero-order valence-electron chi connectivity index (χ0n) is 11.9. The number of fused-ring (bicyclic) bond motifs is 1. The van der Waals surface area contributed by atoms with Crippen molar-refractivity contribution in [1.29, 1.82) is 0 Å². The van der Waals surface area contributed by atoms with Crippen molar-refractivity contribution < 1.29 is 0 Å². The number of benzene rings is 1. The minimum atomic E-state index is 0.0371. The summed E-state index contributed by atoms with van der Waals surface area (Å²) in [6.07, 6.45) is 0. The number of hydrogen-bond acceptors (Lipinski definition) is 2. The van der Waals surface area contributed by atoms with Gasteiger partial charge in [0.2, 0.25) is 0 Å². The van der Waals surface area contributed by atoms with Gasteiger partial charge in [0.25, 0.3) is 0 Å². The van der Waals surface area contributed by atoms with Crippen molar-refractivity contribution in [3.8, 4) is 0 Å². The van der Waals surface area contributed by atoms with Gasteiger partial charge in [-0.25, -0.2) is 0 Å². The Balaban J connectivity index is 2.85. The minimum absolute atomic E-state index is 0.0371. The predicted molar refractivity (Wildman–Crippen MR) is 77.9 cm³/mol. The average Bonchev–Trinajstić information content (AvgIpc) is 2.32. The second-order valence-corrected chi connectivity index (χ2v) is 5.48. The molecule has 2 heteroatoms. The first-order valence-electron chi connectivity index (χ1n) is 6.58. The fourth-order valence-electron chi connectivity index (χ4n) is 2.25. The van der Waals surface area contributed by atoms with Crippen LogP contribution in [0.25, 0.3) is 10.9 Å². The molecule has 2 rings (SSSR count). The molecule has 0 spiro atoms. The van der Waals surface area contributed by atoms with Gasteiger partial charge in [-0.1, -0.05) is 26.0 Å². The molecule has 96 valence electrons. The van der Waals surface area contributed by atoms with Crippen LogP contribution in [0.5, 0.6) is 0 Å². The molecule has 0 bridgehead atoms. The summed E-state index contributed by atoms with van der Waals surface area (Å²) in [4.78, 5) is 4.82. The van der Waals surface area contributed by atoms with Crippen LogP contribution in [0.4, 0.5) is 0 Å². The number of nitrogens with two attached hydrogens (primary N) is 1. The molecule has 1 aromatic heterocycles. The highest BCUT2D eigenvalue weighted by molar-refractivity contribution is 5.86. The van der Waals surface area contributed by atoms with Gasteiger partial charge in [-0.2, -0.15) is 0 Å². The monoisotopic (exact) mass is 242 g/mol. The Morgan fingerprint density at radius 2 is 1.78 bits per heavy atom. The van der Waals surface area contributed by atoms with E-state index in [4.69, 9.17) is 10.7 Å². The fraction of sp³-hybridized carbons (Fsp3) is 0.438. The summed E-state index contributed by atoms with van der Waals surface area (Å²) in [5.41, 5.74) is 12.1. The molecule has 2 aromatic rings. The van der Waals surface area contributed by atoms with Crippen LogP contribution in [0.15, 0.2) is 18.2 Å². The third-order valence-electron chi connectivity index (χ3n) is 3.64. The SMILES string of the molecule is Cc1ccc2c(C(C)N)cc(C(C)C)nc2c1C. The summed E-state index contributed by atoms with van der Waals surface area (Å²) in [5.74, 6) is 0.423. The number of nitrogens with zero attached hydrogens (tertiary/aromatic N) is 1. The summed E-state index contributed by atoms with van der Waals surface area (Å²) in [5, 5.41) is 1.19. The van der Waals surface area contributed by atoms with E-state index in [0.29, 0.717) is 5.92 Å². The third kappa shape index (κ3) is 2.13. The lowest BCUT2D eigenvalue weighted by Crippen LogP contribution is -2.08. The number of pyridine rings is 1. The maximum absolute atomic E-state index is 6.11. The molecule has 0 aliphatic heterocycles. The first-order valence-corrected chi connectivity index (χ1v) is 6.58. The van der Waals surface area contributed by atoms with Gasteiger partial charge in [0.15, 0.2) is 0 Å². The molecule has 18 heavy (non-hydrogen) atoms. The molecule has 2 nitrogen and oxygen atoms in total. The van der Waals surface area contributed by atoms with Crippen LogP contribution in [-0.4, -0.2) is 4.98 Å². The highest BCUT2D eigenvalue weighted by atomic mass is 14.7. The van der Waals surface area contributed by atoms with Gasteiger partial charge >= 0.3 is 0 Å². The van der Waals surface area contributed by atoms with Gasteiger partial charge in [0, 0.05) is 17.1 Å². The minimum Gasteiger partial charge on any atom is -0.324 e. The quantitative estimate of drug-likeness (QED) is 0.864. The summed E-state index contributed by atoms with van der Waals surface area (Å²) < 4.78 is 0. The van der Waals surface area contributed by atoms with Crippen LogP contribution in [0, 0.1) is 13.8 Å². The lowest BCUT2D eigenvalue weighted by atomic mass is 9.96. The molecule has 0 saturated carbocycles. The van der Waals surface area contributed by atoms with Gasteiger partial charge in [0.1, 0.15) is 0 Å². The number of rotatable bonds is 2. The van der Waals surface area contributed by atoms with Crippen molar-refractivity contribution in [2.75, 3.05) is 0 Å². The standard InChI is InChI=1S/C16H22N2/c1-9(2)15-8-14(12(5)17)13-7-6-10(3)11(4)16(13)18-15/h6-9,12H,17H2,1-5H3. The second kappa shape index (κ2) is 4.69. The first kappa shape index (κ1) is 13.0. The smallest absolute Gasteiger partial charge is 0.0740 e. The first-order chi connectivity index (χ1) is 8.41. The Bertz CT molecular complexity index is 583. The predicted octanol–water partition coefficient (Wildman–Crippen LogP) is 3.99. The molecule has 0 saturated heterocycles. The number of aromatic nitrogens is 1. The maximum atomic E-state index is 6.11. The van der Waals surface area contributed by atoms with Crippen LogP contribution in [0.1, 0.15) is 55.1 Å². The van der Waals surface area contributed by atoms with Crippen LogP contribution >= 0.6 is 0 Å². The Labute approximate surface area is 109 Å². The maximum Gasteiger partial charge on any atom is 0.0740 e. The van der Waals surface area contributed by atoms with E-state index < -0.39 is 0 Å². The Morgan fingerprint density at radius 1 is 1.11 bits per heavy atom. The van der Waals surface area contributed by atoms with E-state index in [2.05, 4.69) is 45.9 Å². The van der Waals surface area contributed by atoms with Gasteiger partial charge in [-0.3, -0.25) is 4.98 Å². The third-order valence-corrected chi connectivity index (χ3v) is 3.64. The van der Waals surface area contributed by atoms with Crippen molar-refractivity contribution in [1.82, 2.24) is 4.98 Å². The molecule has 1 atom stereocenters. The second-order valence-electron chi connectivity index (χ2n) is 5.48.